The standard InChI is InChI=1S/C27H18ClF4N3O2/c28-23-19-5-4-16(17-8-11-37-14-17)12-21(27(30,31)32)24(19)34-25(23)26(36)35-9-6-15(7-10-35)18-2-1-3-22(29)20(18)13-33/h1-4,6,8,11-12,14,19H,5,7,9-10H2. The molecule has 1 unspecified atom stereocenters. The molecule has 0 bridgehead atoms. The number of aliphatic imine (C=N–C) groups is 1. The number of allylic oxidation sites excluding steroid dienone is 5. The number of furan rings is 1. The van der Waals surface area contributed by atoms with Crippen molar-refractivity contribution in [1.29, 1.82) is 5.26 Å². The third kappa shape index (κ3) is 4.53. The smallest absolute Gasteiger partial charge is 0.418 e. The van der Waals surface area contributed by atoms with Crippen LogP contribution in [-0.2, 0) is 4.79 Å². The average Bonchev–Trinajstić information content (AvgIpc) is 3.47. The van der Waals surface area contributed by atoms with Crippen molar-refractivity contribution < 1.29 is 26.8 Å². The summed E-state index contributed by atoms with van der Waals surface area (Å²) in [5.74, 6) is -2.12. The highest BCUT2D eigenvalue weighted by Gasteiger charge is 2.45. The highest BCUT2D eigenvalue weighted by molar-refractivity contribution is 6.36. The van der Waals surface area contributed by atoms with Gasteiger partial charge in [-0.05, 0) is 47.8 Å². The van der Waals surface area contributed by atoms with Crippen LogP contribution in [0.15, 0.2) is 80.7 Å². The van der Waals surface area contributed by atoms with Gasteiger partial charge in [0.15, 0.2) is 0 Å². The molecular formula is C27H18ClF4N3O2. The van der Waals surface area contributed by atoms with Crippen molar-refractivity contribution >= 4 is 34.4 Å². The molecule has 188 valence electrons. The minimum Gasteiger partial charge on any atom is -0.472 e. The first kappa shape index (κ1) is 24.8. The fraction of sp³-hybridized carbons (Fsp3) is 0.222. The Morgan fingerprint density at radius 1 is 1.24 bits per heavy atom. The van der Waals surface area contributed by atoms with Crippen LogP contribution in [0.3, 0.4) is 0 Å². The summed E-state index contributed by atoms with van der Waals surface area (Å²) in [7, 11) is 0. The van der Waals surface area contributed by atoms with Crippen molar-refractivity contribution in [1.82, 2.24) is 4.90 Å². The lowest BCUT2D eigenvalue weighted by atomic mass is 9.94. The molecule has 3 aliphatic rings. The van der Waals surface area contributed by atoms with Crippen LogP contribution in [0.2, 0.25) is 0 Å². The Kier molecular flexibility index (Phi) is 6.38. The van der Waals surface area contributed by atoms with Gasteiger partial charge in [-0.25, -0.2) is 9.38 Å². The number of nitrogens with zero attached hydrogens (tertiary/aromatic N) is 3. The summed E-state index contributed by atoms with van der Waals surface area (Å²) < 4.78 is 61.2. The first-order valence-corrected chi connectivity index (χ1v) is 11.7. The lowest BCUT2D eigenvalue weighted by Gasteiger charge is -2.27. The summed E-state index contributed by atoms with van der Waals surface area (Å²) in [5.41, 5.74) is 0.457. The van der Waals surface area contributed by atoms with Crippen molar-refractivity contribution in [2.24, 2.45) is 10.9 Å². The maximum Gasteiger partial charge on any atom is 0.418 e. The molecular weight excluding hydrogens is 510 g/mol. The number of alkyl halides is 3. The number of nitriles is 1. The first-order valence-electron chi connectivity index (χ1n) is 11.4. The molecule has 5 nitrogen and oxygen atoms in total. The van der Waals surface area contributed by atoms with E-state index in [1.807, 2.05) is 6.07 Å². The summed E-state index contributed by atoms with van der Waals surface area (Å²) >= 11 is 6.49. The molecule has 5 rings (SSSR count). The van der Waals surface area contributed by atoms with Crippen LogP contribution < -0.4 is 0 Å². The molecule has 2 aromatic rings. The molecule has 1 aliphatic carbocycles. The van der Waals surface area contributed by atoms with Crippen molar-refractivity contribution in [2.75, 3.05) is 13.1 Å². The molecule has 10 heteroatoms. The number of halogens is 5. The SMILES string of the molecule is N#Cc1c(F)cccc1C1=CCN(C(=O)C2=C(Cl)C3CC=C(c4ccoc4)C=C(C(F)(F)F)C3=N2)CC1. The van der Waals surface area contributed by atoms with E-state index in [2.05, 4.69) is 4.99 Å². The Morgan fingerprint density at radius 3 is 2.70 bits per heavy atom. The Balaban J connectivity index is 1.42. The van der Waals surface area contributed by atoms with Gasteiger partial charge in [0.2, 0.25) is 0 Å². The molecule has 0 N–H and O–H groups in total. The second kappa shape index (κ2) is 9.52. The van der Waals surface area contributed by atoms with Crippen LogP contribution in [-0.4, -0.2) is 35.8 Å². The van der Waals surface area contributed by atoms with Crippen LogP contribution >= 0.6 is 11.6 Å². The number of rotatable bonds is 3. The highest BCUT2D eigenvalue weighted by atomic mass is 35.5. The van der Waals surface area contributed by atoms with Crippen molar-refractivity contribution in [2.45, 2.75) is 19.0 Å². The molecule has 1 atom stereocenters. The molecule has 37 heavy (non-hydrogen) atoms. The molecule has 2 aliphatic heterocycles. The zero-order valence-corrected chi connectivity index (χ0v) is 19.9. The monoisotopic (exact) mass is 527 g/mol. The van der Waals surface area contributed by atoms with Gasteiger partial charge < -0.3 is 9.32 Å². The summed E-state index contributed by atoms with van der Waals surface area (Å²) in [6.07, 6.45) is 2.80. The third-order valence-corrected chi connectivity index (χ3v) is 7.02. The fourth-order valence-corrected chi connectivity index (χ4v) is 5.01. The van der Waals surface area contributed by atoms with Gasteiger partial charge in [-0.2, -0.15) is 18.4 Å². The van der Waals surface area contributed by atoms with E-state index in [4.69, 9.17) is 16.0 Å². The summed E-state index contributed by atoms with van der Waals surface area (Å²) in [5, 5.41) is 9.27. The predicted octanol–water partition coefficient (Wildman–Crippen LogP) is 6.40. The molecule has 0 saturated heterocycles. The van der Waals surface area contributed by atoms with Crippen LogP contribution in [0.1, 0.15) is 29.5 Å². The van der Waals surface area contributed by atoms with Crippen molar-refractivity contribution in [3.63, 3.8) is 0 Å². The summed E-state index contributed by atoms with van der Waals surface area (Å²) in [6.45, 7) is 0.326. The lowest BCUT2D eigenvalue weighted by Crippen LogP contribution is -2.35. The van der Waals surface area contributed by atoms with Crippen molar-refractivity contribution in [3.05, 3.63) is 93.8 Å². The number of hydrogen-bond donors (Lipinski definition) is 0. The Morgan fingerprint density at radius 2 is 2.05 bits per heavy atom. The molecule has 0 fully saturated rings. The van der Waals surface area contributed by atoms with Gasteiger partial charge in [0.25, 0.3) is 5.91 Å². The number of carbonyl (C=O) groups is 1. The van der Waals surface area contributed by atoms with E-state index >= 15 is 0 Å². The van der Waals surface area contributed by atoms with Gasteiger partial charge in [0, 0.05) is 24.6 Å². The quantitative estimate of drug-likeness (QED) is 0.433. The average molecular weight is 528 g/mol. The van der Waals surface area contributed by atoms with Crippen LogP contribution in [0.5, 0.6) is 0 Å². The van der Waals surface area contributed by atoms with Gasteiger partial charge in [0.1, 0.15) is 17.6 Å². The Labute approximate surface area is 214 Å². The van der Waals surface area contributed by atoms with E-state index in [0.717, 1.165) is 6.08 Å². The van der Waals surface area contributed by atoms with E-state index in [0.29, 0.717) is 28.7 Å². The lowest BCUT2D eigenvalue weighted by molar-refractivity contribution is -0.126. The topological polar surface area (TPSA) is 69.6 Å². The van der Waals surface area contributed by atoms with Crippen LogP contribution in [0, 0.1) is 23.1 Å². The largest absolute Gasteiger partial charge is 0.472 e. The van der Waals surface area contributed by atoms with Gasteiger partial charge >= 0.3 is 6.18 Å². The van der Waals surface area contributed by atoms with E-state index in [1.165, 1.54) is 29.6 Å². The second-order valence-electron chi connectivity index (χ2n) is 8.71. The van der Waals surface area contributed by atoms with E-state index in [1.54, 1.807) is 24.3 Å². The predicted molar refractivity (Wildman–Crippen MR) is 130 cm³/mol. The third-order valence-electron chi connectivity index (χ3n) is 6.57. The van der Waals surface area contributed by atoms with E-state index in [-0.39, 0.29) is 41.5 Å². The number of carbonyl (C=O) groups excluding carboxylic acids is 1. The highest BCUT2D eigenvalue weighted by Crippen LogP contribution is 2.43. The number of hydrogen-bond acceptors (Lipinski definition) is 4. The fourth-order valence-electron chi connectivity index (χ4n) is 4.69. The van der Waals surface area contributed by atoms with Gasteiger partial charge in [-0.3, -0.25) is 4.79 Å². The molecule has 1 aromatic heterocycles. The maximum atomic E-state index is 14.1. The first-order chi connectivity index (χ1) is 17.7. The maximum absolute atomic E-state index is 14.1. The minimum absolute atomic E-state index is 0.0356. The number of amides is 1. The molecule has 0 radical (unpaired) electrons. The normalized spacial score (nSPS) is 19.9. The molecule has 0 spiro atoms. The van der Waals surface area contributed by atoms with Crippen molar-refractivity contribution in [3.8, 4) is 6.07 Å². The molecule has 1 aromatic carbocycles. The molecule has 3 heterocycles. The number of benzene rings is 1. The Bertz CT molecular complexity index is 1470. The minimum atomic E-state index is -4.72. The van der Waals surface area contributed by atoms with Gasteiger partial charge in [-0.1, -0.05) is 35.9 Å². The summed E-state index contributed by atoms with van der Waals surface area (Å²) in [4.78, 5) is 18.8. The summed E-state index contributed by atoms with van der Waals surface area (Å²) in [6, 6.07) is 7.77. The Hall–Kier alpha value is -3.90. The van der Waals surface area contributed by atoms with Crippen LogP contribution in [0.4, 0.5) is 17.6 Å². The van der Waals surface area contributed by atoms with Crippen LogP contribution in [0.25, 0.3) is 11.1 Å². The van der Waals surface area contributed by atoms with E-state index < -0.39 is 29.4 Å². The van der Waals surface area contributed by atoms with E-state index in [9.17, 15) is 27.6 Å². The molecule has 1 amide bonds. The van der Waals surface area contributed by atoms with Gasteiger partial charge in [-0.15, -0.1) is 0 Å². The van der Waals surface area contributed by atoms with Gasteiger partial charge in [0.05, 0.1) is 34.4 Å². The second-order valence-corrected chi connectivity index (χ2v) is 9.12. The zero-order valence-electron chi connectivity index (χ0n) is 19.1. The molecule has 0 saturated carbocycles. The zero-order chi connectivity index (χ0) is 26.3. The number of fused-ring (bicyclic) bond motifs is 1.